The second-order valence-corrected chi connectivity index (χ2v) is 9.92. The minimum absolute atomic E-state index is 0.225. The second kappa shape index (κ2) is 9.47. The normalized spacial score (nSPS) is 14.2. The van der Waals surface area contributed by atoms with Crippen LogP contribution in [0.25, 0.3) is 11.1 Å². The number of aliphatic hydroxyl groups is 1. The lowest BCUT2D eigenvalue weighted by Crippen LogP contribution is -2.09. The third-order valence-corrected chi connectivity index (χ3v) is 7.46. The van der Waals surface area contributed by atoms with E-state index in [1.165, 1.54) is 31.2 Å². The summed E-state index contributed by atoms with van der Waals surface area (Å²) in [7, 11) is -3.45. The highest BCUT2D eigenvalue weighted by molar-refractivity contribution is 7.91. The van der Waals surface area contributed by atoms with Crippen LogP contribution < -0.4 is 0 Å². The first-order chi connectivity index (χ1) is 15.1. The van der Waals surface area contributed by atoms with Crippen molar-refractivity contribution in [2.75, 3.05) is 12.4 Å². The van der Waals surface area contributed by atoms with E-state index in [0.717, 1.165) is 22.4 Å². The molecule has 1 aromatic heterocycles. The van der Waals surface area contributed by atoms with Crippen LogP contribution in [-0.4, -0.2) is 30.9 Å². The number of aliphatic hydroxyl groups excluding tert-OH is 1. The first-order valence-corrected chi connectivity index (χ1v) is 12.2. The van der Waals surface area contributed by atoms with Gasteiger partial charge in [-0.2, -0.15) is 0 Å². The summed E-state index contributed by atoms with van der Waals surface area (Å²) < 4.78 is 24.3. The van der Waals surface area contributed by atoms with Crippen molar-refractivity contribution in [1.82, 2.24) is 4.98 Å². The van der Waals surface area contributed by atoms with Crippen molar-refractivity contribution in [3.05, 3.63) is 83.7 Å². The largest absolute Gasteiger partial charge is 0.395 e. The summed E-state index contributed by atoms with van der Waals surface area (Å²) in [4.78, 5) is 4.53. The molecule has 0 spiro atoms. The fraction of sp³-hybridized carbons (Fsp3) is 0.269. The van der Waals surface area contributed by atoms with Crippen LogP contribution in [0.5, 0.6) is 0 Å². The molecule has 0 amide bonds. The van der Waals surface area contributed by atoms with Crippen LogP contribution in [0, 0.1) is 11.8 Å². The number of hydrogen-bond acceptors (Lipinski definition) is 4. The zero-order valence-corrected chi connectivity index (χ0v) is 18.1. The monoisotopic (exact) mass is 431 g/mol. The van der Waals surface area contributed by atoms with Gasteiger partial charge in [0.2, 0.25) is 0 Å². The van der Waals surface area contributed by atoms with Gasteiger partial charge >= 0.3 is 0 Å². The molecule has 158 valence electrons. The van der Waals surface area contributed by atoms with Gasteiger partial charge in [-0.15, -0.1) is 0 Å². The number of sulfone groups is 1. The summed E-state index contributed by atoms with van der Waals surface area (Å²) in [5, 5.41) is 8.98. The molecule has 1 fully saturated rings. The molecule has 31 heavy (non-hydrogen) atoms. The topological polar surface area (TPSA) is 67.3 Å². The van der Waals surface area contributed by atoms with Crippen molar-refractivity contribution < 1.29 is 13.5 Å². The molecule has 5 heteroatoms. The summed E-state index contributed by atoms with van der Waals surface area (Å²) in [6, 6.07) is 18.9. The first-order valence-electron chi connectivity index (χ1n) is 10.6. The number of hydrogen-bond donors (Lipinski definition) is 1. The van der Waals surface area contributed by atoms with E-state index in [2.05, 4.69) is 35.0 Å². The van der Waals surface area contributed by atoms with E-state index >= 15 is 0 Å². The highest BCUT2D eigenvalue weighted by atomic mass is 32.2. The zero-order valence-electron chi connectivity index (χ0n) is 17.3. The second-order valence-electron chi connectivity index (χ2n) is 7.82. The van der Waals surface area contributed by atoms with Crippen molar-refractivity contribution in [3.63, 3.8) is 0 Å². The lowest BCUT2D eigenvalue weighted by Gasteiger charge is -2.14. The van der Waals surface area contributed by atoms with E-state index in [1.54, 1.807) is 18.3 Å². The molecule has 0 atom stereocenters. The van der Waals surface area contributed by atoms with Gasteiger partial charge in [0, 0.05) is 11.8 Å². The first kappa shape index (κ1) is 21.3. The van der Waals surface area contributed by atoms with Gasteiger partial charge in [0.1, 0.15) is 5.69 Å². The van der Waals surface area contributed by atoms with Gasteiger partial charge in [0.05, 0.1) is 17.3 Å². The molecule has 0 radical (unpaired) electrons. The predicted octanol–water partition coefficient (Wildman–Crippen LogP) is 4.57. The Morgan fingerprint density at radius 3 is 2.35 bits per heavy atom. The average Bonchev–Trinajstić information content (AvgIpc) is 3.33. The highest BCUT2D eigenvalue weighted by Crippen LogP contribution is 2.37. The van der Waals surface area contributed by atoms with Crippen molar-refractivity contribution in [3.8, 4) is 23.0 Å². The van der Waals surface area contributed by atoms with Crippen molar-refractivity contribution in [1.29, 1.82) is 0 Å². The molecular formula is C26H25NO3S. The molecule has 4 rings (SSSR count). The SMILES string of the molecule is O=S(=O)(CCO)c1ccc(-c2ccc(C3CCCC3)c(C#Cc3ccccn3)c2)cc1. The van der Waals surface area contributed by atoms with Gasteiger partial charge in [-0.3, -0.25) is 0 Å². The molecule has 0 saturated heterocycles. The zero-order chi connectivity index (χ0) is 21.7. The Morgan fingerprint density at radius 2 is 1.68 bits per heavy atom. The van der Waals surface area contributed by atoms with Gasteiger partial charge in [-0.05, 0) is 71.7 Å². The van der Waals surface area contributed by atoms with Crippen LogP contribution in [0.1, 0.15) is 48.4 Å². The molecule has 1 saturated carbocycles. The molecular weight excluding hydrogens is 406 g/mol. The predicted molar refractivity (Wildman–Crippen MR) is 122 cm³/mol. The molecule has 3 aromatic rings. The molecule has 2 aromatic carbocycles. The van der Waals surface area contributed by atoms with Crippen LogP contribution in [0.3, 0.4) is 0 Å². The van der Waals surface area contributed by atoms with E-state index < -0.39 is 9.84 Å². The highest BCUT2D eigenvalue weighted by Gasteiger charge is 2.20. The van der Waals surface area contributed by atoms with Crippen LogP contribution in [-0.2, 0) is 9.84 Å². The summed E-state index contributed by atoms with van der Waals surface area (Å²) >= 11 is 0. The Hall–Kier alpha value is -2.94. The van der Waals surface area contributed by atoms with Crippen LogP contribution in [0.15, 0.2) is 71.8 Å². The Balaban J connectivity index is 1.70. The van der Waals surface area contributed by atoms with Crippen LogP contribution in [0.2, 0.25) is 0 Å². The quantitative estimate of drug-likeness (QED) is 0.601. The molecule has 0 aliphatic heterocycles. The minimum atomic E-state index is -3.45. The van der Waals surface area contributed by atoms with Gasteiger partial charge in [-0.25, -0.2) is 13.4 Å². The van der Waals surface area contributed by atoms with Crippen LogP contribution in [0.4, 0.5) is 0 Å². The van der Waals surface area contributed by atoms with Crippen molar-refractivity contribution in [2.45, 2.75) is 36.5 Å². The standard InChI is InChI=1S/C26H25NO3S/c28-17-18-31(29,30)25-13-9-20(10-14-25)22-11-15-26(21-5-1-2-6-21)23(19-22)8-12-24-7-3-4-16-27-24/h3-4,7,9-11,13-16,19,21,28H,1-2,5-6,17-18H2. The number of aromatic nitrogens is 1. The maximum Gasteiger partial charge on any atom is 0.180 e. The maximum atomic E-state index is 12.2. The van der Waals surface area contributed by atoms with E-state index in [-0.39, 0.29) is 17.3 Å². The molecule has 4 nitrogen and oxygen atoms in total. The Kier molecular flexibility index (Phi) is 6.50. The Bertz CT molecular complexity index is 1200. The third-order valence-electron chi connectivity index (χ3n) is 5.75. The Labute approximate surface area is 183 Å². The maximum absolute atomic E-state index is 12.2. The Morgan fingerprint density at radius 1 is 0.935 bits per heavy atom. The molecule has 0 bridgehead atoms. The number of nitrogens with zero attached hydrogens (tertiary/aromatic N) is 1. The molecule has 1 N–H and O–H groups in total. The van der Waals surface area contributed by atoms with Crippen molar-refractivity contribution >= 4 is 9.84 Å². The lowest BCUT2D eigenvalue weighted by molar-refractivity contribution is 0.319. The third kappa shape index (κ3) is 5.04. The fourth-order valence-electron chi connectivity index (χ4n) is 4.10. The molecule has 1 heterocycles. The summed E-state index contributed by atoms with van der Waals surface area (Å²) in [6.45, 7) is -0.384. The smallest absolute Gasteiger partial charge is 0.180 e. The van der Waals surface area contributed by atoms with Gasteiger partial charge in [0.25, 0.3) is 0 Å². The van der Waals surface area contributed by atoms with E-state index in [4.69, 9.17) is 5.11 Å². The van der Waals surface area contributed by atoms with E-state index in [1.807, 2.05) is 30.3 Å². The van der Waals surface area contributed by atoms with Gasteiger partial charge < -0.3 is 5.11 Å². The van der Waals surface area contributed by atoms with Gasteiger partial charge in [0.15, 0.2) is 9.84 Å². The summed E-state index contributed by atoms with van der Waals surface area (Å²) in [6.07, 6.45) is 6.63. The van der Waals surface area contributed by atoms with E-state index in [9.17, 15) is 8.42 Å². The number of rotatable bonds is 5. The fourth-order valence-corrected chi connectivity index (χ4v) is 5.12. The average molecular weight is 432 g/mol. The van der Waals surface area contributed by atoms with Crippen LogP contribution >= 0.6 is 0 Å². The summed E-state index contributed by atoms with van der Waals surface area (Å²) in [5.41, 5.74) is 4.96. The minimum Gasteiger partial charge on any atom is -0.395 e. The number of benzene rings is 2. The van der Waals surface area contributed by atoms with E-state index in [0.29, 0.717) is 5.92 Å². The number of pyridine rings is 1. The van der Waals surface area contributed by atoms with Crippen molar-refractivity contribution in [2.24, 2.45) is 0 Å². The van der Waals surface area contributed by atoms with Gasteiger partial charge in [-0.1, -0.05) is 49.1 Å². The molecule has 0 unspecified atom stereocenters. The summed E-state index contributed by atoms with van der Waals surface area (Å²) in [5.74, 6) is 6.78. The molecule has 1 aliphatic carbocycles. The lowest BCUT2D eigenvalue weighted by atomic mass is 9.90. The molecule has 1 aliphatic rings.